The van der Waals surface area contributed by atoms with Crippen LogP contribution in [-0.2, 0) is 13.5 Å². The van der Waals surface area contributed by atoms with Crippen LogP contribution in [-0.4, -0.2) is 21.3 Å². The first-order chi connectivity index (χ1) is 5.74. The second-order valence-corrected chi connectivity index (χ2v) is 3.18. The average Bonchev–Trinajstić information content (AvgIpc) is 2.47. The second kappa shape index (κ2) is 4.21. The molecule has 1 aromatic rings. The van der Waals surface area contributed by atoms with E-state index in [2.05, 4.69) is 17.0 Å². The number of hydrogen-bond acceptors (Lipinski definition) is 3. The van der Waals surface area contributed by atoms with E-state index in [-0.39, 0.29) is 0 Å². The van der Waals surface area contributed by atoms with E-state index in [1.54, 1.807) is 6.33 Å². The van der Waals surface area contributed by atoms with E-state index in [1.165, 1.54) is 0 Å². The van der Waals surface area contributed by atoms with Crippen molar-refractivity contribution in [2.45, 2.75) is 19.8 Å². The highest BCUT2D eigenvalue weighted by atomic mass is 15.3. The highest BCUT2D eigenvalue weighted by molar-refractivity contribution is 4.83. The van der Waals surface area contributed by atoms with Crippen molar-refractivity contribution >= 4 is 0 Å². The van der Waals surface area contributed by atoms with Gasteiger partial charge >= 0.3 is 0 Å². The van der Waals surface area contributed by atoms with E-state index in [1.807, 2.05) is 11.7 Å². The van der Waals surface area contributed by atoms with E-state index in [9.17, 15) is 0 Å². The van der Waals surface area contributed by atoms with Crippen LogP contribution >= 0.6 is 0 Å². The number of aryl methyl sites for hydroxylation is 2. The maximum Gasteiger partial charge on any atom is 0.138 e. The third kappa shape index (κ3) is 2.30. The van der Waals surface area contributed by atoms with Gasteiger partial charge in [-0.15, -0.1) is 0 Å². The van der Waals surface area contributed by atoms with E-state index < -0.39 is 0 Å². The molecule has 0 spiro atoms. The zero-order valence-electron chi connectivity index (χ0n) is 7.70. The molecule has 0 aromatic carbocycles. The number of aromatic nitrogens is 3. The summed E-state index contributed by atoms with van der Waals surface area (Å²) >= 11 is 0. The predicted octanol–water partition coefficient (Wildman–Crippen LogP) is 0.342. The van der Waals surface area contributed by atoms with Crippen LogP contribution in [0, 0.1) is 5.92 Å². The van der Waals surface area contributed by atoms with Gasteiger partial charge in [-0.1, -0.05) is 6.92 Å². The molecule has 0 fully saturated rings. The van der Waals surface area contributed by atoms with Crippen LogP contribution in [0.4, 0.5) is 0 Å². The molecule has 0 radical (unpaired) electrons. The molecule has 2 N–H and O–H groups in total. The highest BCUT2D eigenvalue weighted by Crippen LogP contribution is 2.04. The van der Waals surface area contributed by atoms with Gasteiger partial charge in [0.05, 0.1) is 0 Å². The number of nitrogens with zero attached hydrogens (tertiary/aromatic N) is 3. The third-order valence-electron chi connectivity index (χ3n) is 2.07. The molecule has 1 rings (SSSR count). The van der Waals surface area contributed by atoms with Crippen molar-refractivity contribution < 1.29 is 0 Å². The first-order valence-corrected chi connectivity index (χ1v) is 4.27. The Morgan fingerprint density at radius 2 is 2.42 bits per heavy atom. The molecule has 0 bridgehead atoms. The van der Waals surface area contributed by atoms with Crippen LogP contribution in [0.3, 0.4) is 0 Å². The Labute approximate surface area is 72.8 Å². The smallest absolute Gasteiger partial charge is 0.138 e. The summed E-state index contributed by atoms with van der Waals surface area (Å²) in [6.07, 6.45) is 3.64. The van der Waals surface area contributed by atoms with E-state index in [0.717, 1.165) is 25.2 Å². The lowest BCUT2D eigenvalue weighted by Gasteiger charge is -2.06. The molecule has 12 heavy (non-hydrogen) atoms. The van der Waals surface area contributed by atoms with Crippen molar-refractivity contribution in [3.63, 3.8) is 0 Å². The summed E-state index contributed by atoms with van der Waals surface area (Å²) in [4.78, 5) is 4.13. The largest absolute Gasteiger partial charge is 0.330 e. The number of hydrogen-bond donors (Lipinski definition) is 1. The minimum absolute atomic E-state index is 0.571. The maximum atomic E-state index is 5.51. The molecular weight excluding hydrogens is 152 g/mol. The number of nitrogens with two attached hydrogens (primary N) is 1. The Bertz CT molecular complexity index is 231. The fourth-order valence-corrected chi connectivity index (χ4v) is 1.04. The fraction of sp³-hybridized carbons (Fsp3) is 0.750. The summed E-state index contributed by atoms with van der Waals surface area (Å²) < 4.78 is 1.81. The molecule has 0 saturated heterocycles. The number of rotatable bonds is 4. The first-order valence-electron chi connectivity index (χ1n) is 4.27. The second-order valence-electron chi connectivity index (χ2n) is 3.18. The molecule has 0 saturated carbocycles. The summed E-state index contributed by atoms with van der Waals surface area (Å²) in [5, 5.41) is 3.99. The summed E-state index contributed by atoms with van der Waals surface area (Å²) in [7, 11) is 1.91. The third-order valence-corrected chi connectivity index (χ3v) is 2.07. The normalized spacial score (nSPS) is 13.2. The van der Waals surface area contributed by atoms with Gasteiger partial charge in [0.1, 0.15) is 12.2 Å². The lowest BCUT2D eigenvalue weighted by molar-refractivity contribution is 0.525. The topological polar surface area (TPSA) is 56.7 Å². The Hall–Kier alpha value is -0.900. The van der Waals surface area contributed by atoms with Gasteiger partial charge in [0.25, 0.3) is 0 Å². The molecule has 0 amide bonds. The molecule has 1 atom stereocenters. The molecule has 0 aliphatic rings. The summed E-state index contributed by atoms with van der Waals surface area (Å²) in [5.41, 5.74) is 5.51. The van der Waals surface area contributed by atoms with Crippen molar-refractivity contribution in [2.75, 3.05) is 6.54 Å². The Morgan fingerprint density at radius 1 is 1.67 bits per heavy atom. The predicted molar refractivity (Wildman–Crippen MR) is 47.5 cm³/mol. The molecule has 1 heterocycles. The van der Waals surface area contributed by atoms with Crippen molar-refractivity contribution in [3.8, 4) is 0 Å². The van der Waals surface area contributed by atoms with E-state index in [4.69, 9.17) is 5.73 Å². The highest BCUT2D eigenvalue weighted by Gasteiger charge is 2.03. The molecule has 0 aliphatic heterocycles. The summed E-state index contributed by atoms with van der Waals surface area (Å²) in [6, 6.07) is 0. The maximum absolute atomic E-state index is 5.51. The van der Waals surface area contributed by atoms with Crippen LogP contribution < -0.4 is 5.73 Å². The van der Waals surface area contributed by atoms with Gasteiger partial charge in [-0.3, -0.25) is 4.68 Å². The van der Waals surface area contributed by atoms with Crippen LogP contribution in [0.15, 0.2) is 6.33 Å². The monoisotopic (exact) mass is 168 g/mol. The van der Waals surface area contributed by atoms with Gasteiger partial charge in [0.15, 0.2) is 0 Å². The van der Waals surface area contributed by atoms with E-state index >= 15 is 0 Å². The fourth-order valence-electron chi connectivity index (χ4n) is 1.04. The van der Waals surface area contributed by atoms with Gasteiger partial charge in [-0.05, 0) is 18.9 Å². The molecule has 68 valence electrons. The van der Waals surface area contributed by atoms with Gasteiger partial charge in [0.2, 0.25) is 0 Å². The first kappa shape index (κ1) is 9.19. The van der Waals surface area contributed by atoms with Crippen molar-refractivity contribution in [3.05, 3.63) is 12.2 Å². The van der Waals surface area contributed by atoms with Crippen molar-refractivity contribution in [1.29, 1.82) is 0 Å². The quantitative estimate of drug-likeness (QED) is 0.705. The average molecular weight is 168 g/mol. The van der Waals surface area contributed by atoms with Gasteiger partial charge in [-0.25, -0.2) is 4.98 Å². The zero-order valence-corrected chi connectivity index (χ0v) is 7.70. The summed E-state index contributed by atoms with van der Waals surface area (Å²) in [5.74, 6) is 1.61. The molecule has 4 heteroatoms. The van der Waals surface area contributed by atoms with Crippen molar-refractivity contribution in [2.24, 2.45) is 18.7 Å². The minimum atomic E-state index is 0.571. The SMILES string of the molecule is CC(CN)CCc1ncnn1C. The molecular formula is C8H16N4. The lowest BCUT2D eigenvalue weighted by atomic mass is 10.1. The standard InChI is InChI=1S/C8H16N4/c1-7(5-9)3-4-8-10-6-11-12(8)2/h6-7H,3-5,9H2,1-2H3. The van der Waals surface area contributed by atoms with Crippen molar-refractivity contribution in [1.82, 2.24) is 14.8 Å². The van der Waals surface area contributed by atoms with Crippen LogP contribution in [0.2, 0.25) is 0 Å². The van der Waals surface area contributed by atoms with E-state index in [0.29, 0.717) is 5.92 Å². The van der Waals surface area contributed by atoms with Gasteiger partial charge in [-0.2, -0.15) is 5.10 Å². The van der Waals surface area contributed by atoms with Crippen LogP contribution in [0.25, 0.3) is 0 Å². The molecule has 1 unspecified atom stereocenters. The van der Waals surface area contributed by atoms with Gasteiger partial charge in [0, 0.05) is 13.5 Å². The summed E-state index contributed by atoms with van der Waals surface area (Å²) in [6.45, 7) is 2.90. The lowest BCUT2D eigenvalue weighted by Crippen LogP contribution is -2.12. The molecule has 0 aliphatic carbocycles. The minimum Gasteiger partial charge on any atom is -0.330 e. The van der Waals surface area contributed by atoms with Gasteiger partial charge < -0.3 is 5.73 Å². The Kier molecular flexibility index (Phi) is 3.22. The zero-order chi connectivity index (χ0) is 8.97. The van der Waals surface area contributed by atoms with Crippen LogP contribution in [0.1, 0.15) is 19.2 Å². The Balaban J connectivity index is 2.38. The Morgan fingerprint density at radius 3 is 2.92 bits per heavy atom. The molecule has 1 aromatic heterocycles. The van der Waals surface area contributed by atoms with Crippen LogP contribution in [0.5, 0.6) is 0 Å². The molecule has 4 nitrogen and oxygen atoms in total.